The fourth-order valence-corrected chi connectivity index (χ4v) is 15.2. The first kappa shape index (κ1) is 45.8. The molecule has 9 atom stereocenters. The molecular formula is C59H72N2O5. The van der Waals surface area contributed by atoms with E-state index >= 15 is 0 Å². The molecule has 5 fully saturated rings. The first-order valence-corrected chi connectivity index (χ1v) is 24.7. The van der Waals surface area contributed by atoms with Gasteiger partial charge in [-0.25, -0.2) is 9.59 Å². The maximum Gasteiger partial charge on any atom is 0.343 e. The molecule has 7 heteroatoms. The average molecular weight is 889 g/mol. The lowest BCUT2D eigenvalue weighted by Crippen LogP contribution is -2.58. The van der Waals surface area contributed by atoms with Crippen molar-refractivity contribution in [2.45, 2.75) is 125 Å². The van der Waals surface area contributed by atoms with Crippen molar-refractivity contribution in [1.82, 2.24) is 0 Å². The molecule has 5 aliphatic rings. The molecule has 0 amide bonds. The van der Waals surface area contributed by atoms with E-state index < -0.39 is 5.97 Å². The Morgan fingerprint density at radius 3 is 2.05 bits per heavy atom. The minimum Gasteiger partial charge on any atom is -0.493 e. The third-order valence-electron chi connectivity index (χ3n) is 18.6. The number of anilines is 2. The molecule has 7 nitrogen and oxygen atoms in total. The van der Waals surface area contributed by atoms with Crippen molar-refractivity contribution in [2.75, 3.05) is 18.6 Å². The van der Waals surface area contributed by atoms with Crippen LogP contribution in [-0.2, 0) is 9.53 Å². The zero-order valence-electron chi connectivity index (χ0n) is 40.7. The van der Waals surface area contributed by atoms with E-state index in [1.807, 2.05) is 60.7 Å². The highest BCUT2D eigenvalue weighted by molar-refractivity contribution is 5.95. The number of fused-ring (bicyclic) bond motifs is 2. The maximum atomic E-state index is 13.9. The molecule has 5 aliphatic carbocycles. The molecule has 0 saturated heterocycles. The molecule has 0 aliphatic heterocycles. The van der Waals surface area contributed by atoms with Gasteiger partial charge in [-0.1, -0.05) is 76.6 Å². The highest BCUT2D eigenvalue weighted by atomic mass is 16.6. The van der Waals surface area contributed by atoms with Gasteiger partial charge >= 0.3 is 11.9 Å². The van der Waals surface area contributed by atoms with Crippen molar-refractivity contribution in [2.24, 2.45) is 50.7 Å². The van der Waals surface area contributed by atoms with Crippen LogP contribution in [0.25, 0.3) is 28.3 Å². The Morgan fingerprint density at radius 2 is 1.39 bits per heavy atom. The number of ether oxygens (including phenoxy) is 3. The lowest BCUT2D eigenvalue weighted by atomic mass is 9.41. The summed E-state index contributed by atoms with van der Waals surface area (Å²) in [4.78, 5) is 27.5. The molecule has 9 rings (SSSR count). The van der Waals surface area contributed by atoms with E-state index in [0.717, 1.165) is 52.0 Å². The van der Waals surface area contributed by atoms with Crippen LogP contribution in [0, 0.1) is 50.7 Å². The third-order valence-corrected chi connectivity index (χ3v) is 18.6. The van der Waals surface area contributed by atoms with Gasteiger partial charge in [0.05, 0.1) is 12.7 Å². The van der Waals surface area contributed by atoms with Crippen molar-refractivity contribution >= 4 is 29.4 Å². The zero-order valence-corrected chi connectivity index (χ0v) is 40.7. The van der Waals surface area contributed by atoms with E-state index in [-0.39, 0.29) is 23.2 Å². The Morgan fingerprint density at radius 1 is 0.727 bits per heavy atom. The normalized spacial score (nSPS) is 30.8. The number of nitrogen functional groups attached to an aromatic ring is 2. The second kappa shape index (κ2) is 17.1. The molecule has 2 spiro atoms. The summed E-state index contributed by atoms with van der Waals surface area (Å²) in [7, 11) is 1.54. The third kappa shape index (κ3) is 7.76. The Kier molecular flexibility index (Phi) is 11.9. The summed E-state index contributed by atoms with van der Waals surface area (Å²) in [6.07, 6.45) is 19.6. The second-order valence-electron chi connectivity index (χ2n) is 22.5. The van der Waals surface area contributed by atoms with Crippen LogP contribution >= 0.6 is 0 Å². The van der Waals surface area contributed by atoms with Gasteiger partial charge in [0.2, 0.25) is 0 Å². The van der Waals surface area contributed by atoms with Gasteiger partial charge in [0.25, 0.3) is 0 Å². The van der Waals surface area contributed by atoms with Gasteiger partial charge in [-0.3, -0.25) is 0 Å². The minimum atomic E-state index is -0.544. The van der Waals surface area contributed by atoms with Crippen LogP contribution in [-0.4, -0.2) is 25.2 Å². The number of rotatable bonds is 12. The van der Waals surface area contributed by atoms with Crippen molar-refractivity contribution in [3.8, 4) is 33.8 Å². The van der Waals surface area contributed by atoms with Crippen LogP contribution in [0.1, 0.15) is 135 Å². The largest absolute Gasteiger partial charge is 0.493 e. The van der Waals surface area contributed by atoms with Crippen LogP contribution in [0.15, 0.2) is 103 Å². The van der Waals surface area contributed by atoms with Gasteiger partial charge in [-0.05, 0) is 218 Å². The summed E-state index contributed by atoms with van der Waals surface area (Å²) in [5, 5.41) is 0. The first-order valence-electron chi connectivity index (χ1n) is 24.7. The van der Waals surface area contributed by atoms with Crippen molar-refractivity contribution in [1.29, 1.82) is 0 Å². The van der Waals surface area contributed by atoms with Crippen LogP contribution in [0.4, 0.5) is 11.4 Å². The number of esters is 2. The fourth-order valence-electron chi connectivity index (χ4n) is 15.2. The topological polar surface area (TPSA) is 114 Å². The summed E-state index contributed by atoms with van der Waals surface area (Å²) >= 11 is 0. The smallest absolute Gasteiger partial charge is 0.343 e. The number of carbonyl (C=O) groups is 2. The standard InChI is InChI=1S/C59H72N2O5/c1-37(2)12-9-13-38(3)47-24-26-57(7)51-22-21-50-55(4,5)52(25-27-58(50)36-59(51,58)29-28-56(47,57)6)66-53(62)23-19-39-18-20-48(49(30-39)64-8)65-54(63)44-32-42(40-14-10-16-45(60)34-40)31-43(33-44)41-15-11-17-46(61)35-41/h10-12,14-20,23,30-35,38,47,50-52H,9,13,21-22,24-29,36,60-61H2,1-8H3/b23-19+/t38-,47-,50+,51+,52+,56-,57+,58-,59+/m1/s1. The molecule has 0 radical (unpaired) electrons. The predicted octanol–water partition coefficient (Wildman–Crippen LogP) is 14.2. The maximum absolute atomic E-state index is 13.9. The quantitative estimate of drug-likeness (QED) is 0.0479. The van der Waals surface area contributed by atoms with Gasteiger partial charge in [-0.2, -0.15) is 0 Å². The van der Waals surface area contributed by atoms with Crippen LogP contribution in [0.2, 0.25) is 0 Å². The monoisotopic (exact) mass is 889 g/mol. The lowest BCUT2D eigenvalue weighted by molar-refractivity contribution is -0.179. The highest BCUT2D eigenvalue weighted by Crippen LogP contribution is 2.89. The molecule has 348 valence electrons. The van der Waals surface area contributed by atoms with E-state index in [2.05, 4.69) is 54.5 Å². The number of nitrogens with two attached hydrogens (primary N) is 2. The van der Waals surface area contributed by atoms with E-state index in [1.54, 1.807) is 30.3 Å². The summed E-state index contributed by atoms with van der Waals surface area (Å²) in [6, 6.07) is 26.0. The van der Waals surface area contributed by atoms with Crippen LogP contribution in [0.5, 0.6) is 11.5 Å². The van der Waals surface area contributed by atoms with Gasteiger partial charge in [0.15, 0.2) is 11.5 Å². The molecule has 0 bridgehead atoms. The Labute approximate surface area is 393 Å². The number of benzene rings is 4. The highest BCUT2D eigenvalue weighted by Gasteiger charge is 2.82. The summed E-state index contributed by atoms with van der Waals surface area (Å²) in [5.41, 5.74) is 21.0. The van der Waals surface area contributed by atoms with Crippen molar-refractivity contribution in [3.05, 3.63) is 114 Å². The second-order valence-corrected chi connectivity index (χ2v) is 22.5. The first-order chi connectivity index (χ1) is 31.4. The van der Waals surface area contributed by atoms with Gasteiger partial charge < -0.3 is 25.7 Å². The van der Waals surface area contributed by atoms with Crippen molar-refractivity contribution < 1.29 is 23.8 Å². The number of hydrogen-bond acceptors (Lipinski definition) is 7. The minimum absolute atomic E-state index is 0.104. The molecule has 66 heavy (non-hydrogen) atoms. The van der Waals surface area contributed by atoms with Crippen LogP contribution in [0.3, 0.4) is 0 Å². The average Bonchev–Trinajstić information content (AvgIpc) is 3.87. The number of methoxy groups -OCH3 is 1. The summed E-state index contributed by atoms with van der Waals surface area (Å²) < 4.78 is 18.1. The van der Waals surface area contributed by atoms with E-state index in [4.69, 9.17) is 25.7 Å². The van der Waals surface area contributed by atoms with E-state index in [1.165, 1.54) is 83.0 Å². The molecule has 0 aromatic heterocycles. The Balaban J connectivity index is 0.857. The SMILES string of the molecule is COc1cc(/C=C/C(=O)O[C@H]2CC[C@]34C[C@]35CC[C@]3(C)[C@@H]([C@H](C)CCC=C(C)C)CC[C@@]3(C)[C@@H]5CC[C@H]4C2(C)C)ccc1OC(=O)c1cc(-c2cccc(N)c2)cc(-c2cccc(N)c2)c1. The molecule has 0 heterocycles. The fraction of sp³-hybridized carbons (Fsp3) is 0.492. The van der Waals surface area contributed by atoms with Gasteiger partial charge in [0.1, 0.15) is 6.10 Å². The Hall–Kier alpha value is -5.30. The number of hydrogen-bond donors (Lipinski definition) is 2. The van der Waals surface area contributed by atoms with Gasteiger partial charge in [0, 0.05) is 22.9 Å². The zero-order chi connectivity index (χ0) is 46.8. The van der Waals surface area contributed by atoms with Crippen LogP contribution < -0.4 is 20.9 Å². The molecule has 4 aromatic carbocycles. The predicted molar refractivity (Wildman–Crippen MR) is 268 cm³/mol. The summed E-state index contributed by atoms with van der Waals surface area (Å²) in [6.45, 7) is 17.2. The number of allylic oxidation sites excluding steroid dienone is 2. The Bertz CT molecular complexity index is 2520. The van der Waals surface area contributed by atoms with Crippen molar-refractivity contribution in [3.63, 3.8) is 0 Å². The lowest BCUT2D eigenvalue weighted by Gasteiger charge is -2.63. The molecule has 0 unspecified atom stereocenters. The van der Waals surface area contributed by atoms with E-state index in [0.29, 0.717) is 50.3 Å². The number of carbonyl (C=O) groups excluding carboxylic acids is 2. The molecule has 4 aromatic rings. The molecule has 4 N–H and O–H groups in total. The molecule has 5 saturated carbocycles. The summed E-state index contributed by atoms with van der Waals surface area (Å²) in [5.74, 6) is 2.71. The molecular weight excluding hydrogens is 817 g/mol. The van der Waals surface area contributed by atoms with Gasteiger partial charge in [-0.15, -0.1) is 0 Å². The van der Waals surface area contributed by atoms with E-state index in [9.17, 15) is 9.59 Å².